The number of rotatable bonds is 3. The average molecular weight is 261 g/mol. The molecule has 0 aromatic heterocycles. The zero-order chi connectivity index (χ0) is 12.7. The molecule has 2 rings (SSSR count). The maximum absolute atomic E-state index is 11.8. The summed E-state index contributed by atoms with van der Waals surface area (Å²) >= 11 is 0. The Bertz CT molecular complexity index is 437. The lowest BCUT2D eigenvalue weighted by molar-refractivity contribution is -0.149. The number of aliphatic carboxylic acids is 1. The smallest absolute Gasteiger partial charge is 0.319 e. The van der Waals surface area contributed by atoms with Crippen LogP contribution in [0.15, 0.2) is 0 Å². The van der Waals surface area contributed by atoms with Crippen LogP contribution in [-0.4, -0.2) is 42.9 Å². The number of hydrogen-bond donors (Lipinski definition) is 2. The molecule has 0 spiro atoms. The van der Waals surface area contributed by atoms with Crippen LogP contribution >= 0.6 is 0 Å². The van der Waals surface area contributed by atoms with Gasteiger partial charge in [-0.2, -0.15) is 0 Å². The third-order valence-electron chi connectivity index (χ3n) is 3.48. The number of sulfone groups is 1. The van der Waals surface area contributed by atoms with Gasteiger partial charge in [0, 0.05) is 6.04 Å². The van der Waals surface area contributed by atoms with Crippen molar-refractivity contribution in [3.8, 4) is 0 Å². The fourth-order valence-corrected chi connectivity index (χ4v) is 3.51. The maximum atomic E-state index is 11.8. The Morgan fingerprint density at radius 2 is 1.71 bits per heavy atom. The number of carbonyl (C=O) groups excluding carboxylic acids is 1. The molecule has 0 radical (unpaired) electrons. The molecule has 2 aliphatic rings. The summed E-state index contributed by atoms with van der Waals surface area (Å²) in [4.78, 5) is 22.7. The summed E-state index contributed by atoms with van der Waals surface area (Å²) in [6.45, 7) is 0. The van der Waals surface area contributed by atoms with Crippen LogP contribution in [-0.2, 0) is 19.4 Å². The number of hydrogen-bond acceptors (Lipinski definition) is 4. The summed E-state index contributed by atoms with van der Waals surface area (Å²) in [5.41, 5.74) is -1.24. The quantitative estimate of drug-likeness (QED) is 0.670. The lowest BCUT2D eigenvalue weighted by Crippen LogP contribution is -2.46. The molecule has 1 aliphatic heterocycles. The summed E-state index contributed by atoms with van der Waals surface area (Å²) < 4.78 is 22.4. The molecule has 1 amide bonds. The normalized spacial score (nSPS) is 26.1. The van der Waals surface area contributed by atoms with Gasteiger partial charge in [-0.05, 0) is 25.7 Å². The van der Waals surface area contributed by atoms with Gasteiger partial charge in [0.05, 0.1) is 11.5 Å². The molecule has 7 heteroatoms. The van der Waals surface area contributed by atoms with Crippen molar-refractivity contribution in [2.45, 2.75) is 31.7 Å². The molecule has 0 bridgehead atoms. The number of carboxylic acid groups (broad SMARTS) is 1. The Morgan fingerprint density at radius 3 is 2.12 bits per heavy atom. The first-order chi connectivity index (χ1) is 7.86. The van der Waals surface area contributed by atoms with E-state index < -0.39 is 27.1 Å². The predicted octanol–water partition coefficient (Wildman–Crippen LogP) is -0.455. The molecule has 0 atom stereocenters. The second-order valence-corrected chi connectivity index (χ2v) is 7.09. The highest BCUT2D eigenvalue weighted by Crippen LogP contribution is 2.46. The van der Waals surface area contributed by atoms with E-state index in [1.807, 2.05) is 0 Å². The molecular formula is C10H15NO5S. The van der Waals surface area contributed by atoms with Crippen LogP contribution in [0.1, 0.15) is 25.7 Å². The summed E-state index contributed by atoms with van der Waals surface area (Å²) in [7, 11) is -2.96. The van der Waals surface area contributed by atoms with E-state index in [2.05, 4.69) is 5.32 Å². The highest BCUT2D eigenvalue weighted by molar-refractivity contribution is 7.91. The van der Waals surface area contributed by atoms with Gasteiger partial charge >= 0.3 is 5.97 Å². The van der Waals surface area contributed by atoms with Crippen LogP contribution in [0.25, 0.3) is 0 Å². The predicted molar refractivity (Wildman–Crippen MR) is 59.1 cm³/mol. The molecule has 0 unspecified atom stereocenters. The fourth-order valence-electron chi connectivity index (χ4n) is 2.02. The van der Waals surface area contributed by atoms with Gasteiger partial charge in [0.2, 0.25) is 5.91 Å². The first-order valence-electron chi connectivity index (χ1n) is 5.60. The fraction of sp³-hybridized carbons (Fsp3) is 0.800. The zero-order valence-corrected chi connectivity index (χ0v) is 10.1. The summed E-state index contributed by atoms with van der Waals surface area (Å²) in [6.07, 6.45) is 1.51. The molecule has 1 saturated heterocycles. The van der Waals surface area contributed by atoms with Crippen molar-refractivity contribution in [1.29, 1.82) is 0 Å². The Balaban J connectivity index is 1.91. The minimum atomic E-state index is -2.96. The van der Waals surface area contributed by atoms with Crippen LogP contribution < -0.4 is 5.32 Å². The third-order valence-corrected chi connectivity index (χ3v) is 5.20. The van der Waals surface area contributed by atoms with Gasteiger partial charge in [-0.15, -0.1) is 0 Å². The van der Waals surface area contributed by atoms with Gasteiger partial charge in [0.15, 0.2) is 0 Å². The van der Waals surface area contributed by atoms with Crippen LogP contribution in [0.3, 0.4) is 0 Å². The van der Waals surface area contributed by atoms with E-state index in [-0.39, 0.29) is 17.5 Å². The Hall–Kier alpha value is -1.11. The molecule has 0 aromatic carbocycles. The standard InChI is InChI=1S/C10H15NO5S/c12-8(10(3-4-10)9(13)14)11-7-1-5-17(15,16)6-2-7/h7H,1-6H2,(H,11,12)(H,13,14). The Labute approximate surface area is 99.3 Å². The molecule has 2 N–H and O–H groups in total. The van der Waals surface area contributed by atoms with Crippen molar-refractivity contribution < 1.29 is 23.1 Å². The minimum absolute atomic E-state index is 0.0675. The van der Waals surface area contributed by atoms with Crippen molar-refractivity contribution >= 4 is 21.7 Å². The summed E-state index contributed by atoms with van der Waals surface area (Å²) in [6, 6.07) is -0.206. The van der Waals surface area contributed by atoms with Gasteiger partial charge < -0.3 is 10.4 Å². The summed E-state index contributed by atoms with van der Waals surface area (Å²) in [5, 5.41) is 11.6. The Morgan fingerprint density at radius 1 is 1.18 bits per heavy atom. The van der Waals surface area contributed by atoms with Crippen molar-refractivity contribution in [2.75, 3.05) is 11.5 Å². The number of carboxylic acids is 1. The van der Waals surface area contributed by atoms with Gasteiger partial charge in [0.25, 0.3) is 0 Å². The van der Waals surface area contributed by atoms with Crippen molar-refractivity contribution in [3.05, 3.63) is 0 Å². The van der Waals surface area contributed by atoms with E-state index in [0.717, 1.165) is 0 Å². The summed E-state index contributed by atoms with van der Waals surface area (Å²) in [5.74, 6) is -1.41. The van der Waals surface area contributed by atoms with Crippen molar-refractivity contribution in [1.82, 2.24) is 5.32 Å². The molecule has 0 aromatic rings. The molecule has 96 valence electrons. The number of amides is 1. The lowest BCUT2D eigenvalue weighted by atomic mass is 10.0. The molecule has 1 aliphatic carbocycles. The largest absolute Gasteiger partial charge is 0.480 e. The van der Waals surface area contributed by atoms with E-state index in [1.165, 1.54) is 0 Å². The van der Waals surface area contributed by atoms with E-state index in [0.29, 0.717) is 25.7 Å². The molecule has 6 nitrogen and oxygen atoms in total. The highest BCUT2D eigenvalue weighted by atomic mass is 32.2. The second kappa shape index (κ2) is 3.97. The third kappa shape index (κ3) is 2.43. The number of nitrogens with one attached hydrogen (secondary N) is 1. The minimum Gasteiger partial charge on any atom is -0.480 e. The second-order valence-electron chi connectivity index (χ2n) is 4.79. The van der Waals surface area contributed by atoms with E-state index in [1.54, 1.807) is 0 Å². The topological polar surface area (TPSA) is 101 Å². The molecule has 1 saturated carbocycles. The van der Waals surface area contributed by atoms with Crippen molar-refractivity contribution in [3.63, 3.8) is 0 Å². The number of carbonyl (C=O) groups is 2. The molecular weight excluding hydrogens is 246 g/mol. The highest BCUT2D eigenvalue weighted by Gasteiger charge is 2.57. The molecule has 1 heterocycles. The molecule has 17 heavy (non-hydrogen) atoms. The van der Waals surface area contributed by atoms with E-state index in [9.17, 15) is 18.0 Å². The van der Waals surface area contributed by atoms with E-state index in [4.69, 9.17) is 5.11 Å². The van der Waals surface area contributed by atoms with Crippen LogP contribution in [0.2, 0.25) is 0 Å². The zero-order valence-electron chi connectivity index (χ0n) is 9.31. The van der Waals surface area contributed by atoms with Gasteiger partial charge in [-0.1, -0.05) is 0 Å². The molecule has 2 fully saturated rings. The van der Waals surface area contributed by atoms with Gasteiger partial charge in [0.1, 0.15) is 15.3 Å². The average Bonchev–Trinajstić information content (AvgIpc) is 3.02. The lowest BCUT2D eigenvalue weighted by Gasteiger charge is -2.24. The first kappa shape index (κ1) is 12.3. The van der Waals surface area contributed by atoms with Crippen LogP contribution in [0, 0.1) is 5.41 Å². The van der Waals surface area contributed by atoms with Gasteiger partial charge in [-0.3, -0.25) is 9.59 Å². The van der Waals surface area contributed by atoms with Crippen LogP contribution in [0.5, 0.6) is 0 Å². The van der Waals surface area contributed by atoms with Crippen molar-refractivity contribution in [2.24, 2.45) is 5.41 Å². The Kier molecular flexibility index (Phi) is 2.89. The van der Waals surface area contributed by atoms with Gasteiger partial charge in [-0.25, -0.2) is 8.42 Å². The monoisotopic (exact) mass is 261 g/mol. The maximum Gasteiger partial charge on any atom is 0.319 e. The van der Waals surface area contributed by atoms with E-state index >= 15 is 0 Å². The first-order valence-corrected chi connectivity index (χ1v) is 7.43. The van der Waals surface area contributed by atoms with Crippen LogP contribution in [0.4, 0.5) is 0 Å². The SMILES string of the molecule is O=C(O)C1(C(=O)NC2CCS(=O)(=O)CC2)CC1.